The Morgan fingerprint density at radius 3 is 1.81 bits per heavy atom. The number of hydrogen-bond donors (Lipinski definition) is 4. The summed E-state index contributed by atoms with van der Waals surface area (Å²) in [4.78, 5) is 34.1. The molecule has 0 aliphatic rings. The Labute approximate surface area is 123 Å². The summed E-state index contributed by atoms with van der Waals surface area (Å²) in [5, 5.41) is 33.6. The number of aliphatic carboxylic acids is 2. The Kier molecular flexibility index (Phi) is 11.8. The predicted molar refractivity (Wildman–Crippen MR) is 55.3 cm³/mol. The van der Waals surface area contributed by atoms with Crippen LogP contribution < -0.4 is 0 Å². The van der Waals surface area contributed by atoms with E-state index in [1.807, 2.05) is 0 Å². The number of carboxylic acid groups (broad SMARTS) is 2. The summed E-state index contributed by atoms with van der Waals surface area (Å²) in [7, 11) is 0. The van der Waals surface area contributed by atoms with Gasteiger partial charge in [-0.2, -0.15) is 5.26 Å². The van der Waals surface area contributed by atoms with E-state index in [1.54, 1.807) is 0 Å². The van der Waals surface area contributed by atoms with Gasteiger partial charge in [-0.3, -0.25) is 4.79 Å². The third-order valence-electron chi connectivity index (χ3n) is 1.38. The summed E-state index contributed by atoms with van der Waals surface area (Å²) in [5.41, 5.74) is -2.77. The molecule has 88 valence electrons. The van der Waals surface area contributed by atoms with E-state index in [-0.39, 0.29) is 46.9 Å². The summed E-state index contributed by atoms with van der Waals surface area (Å²) in [6, 6.07) is 0. The molecule has 0 saturated heterocycles. The second-order valence-corrected chi connectivity index (χ2v) is 2.55. The van der Waals surface area contributed by atoms with E-state index in [4.69, 9.17) is 20.6 Å². The Bertz CT molecular complexity index is 269. The van der Waals surface area contributed by atoms with E-state index >= 15 is 0 Å². The Morgan fingerprint density at radius 1 is 1.12 bits per heavy atom. The Balaban J connectivity index is -0.000000845. The van der Waals surface area contributed by atoms with Gasteiger partial charge in [-0.25, -0.2) is 9.59 Å². The van der Waals surface area contributed by atoms with Gasteiger partial charge in [0.2, 0.25) is 0 Å². The number of rotatable bonds is 5. The third-order valence-corrected chi connectivity index (χ3v) is 1.38. The molecular formula is C6H12AlNaO8. The number of carboxylic acids is 2. The summed E-state index contributed by atoms with van der Waals surface area (Å²) in [6.07, 6.45) is -2.32. The molecule has 0 aromatic rings. The van der Waals surface area contributed by atoms with Crippen LogP contribution in [-0.2, 0) is 19.3 Å². The quantitative estimate of drug-likeness (QED) is 0.231. The van der Waals surface area contributed by atoms with Gasteiger partial charge in [0.15, 0.2) is 23.0 Å². The molecule has 0 saturated carbocycles. The van der Waals surface area contributed by atoms with Crippen LogP contribution in [0.1, 0.15) is 12.8 Å². The molecule has 0 aliphatic heterocycles. The molecule has 0 aromatic heterocycles. The monoisotopic (exact) mass is 262 g/mol. The maximum absolute atomic E-state index is 10.4. The van der Waals surface area contributed by atoms with Crippen LogP contribution >= 0.6 is 0 Å². The molecule has 0 fully saturated rings. The Hall–Kier alpha value is -0.138. The minimum absolute atomic E-state index is 0. The first-order valence-electron chi connectivity index (χ1n) is 3.33. The number of carbonyl (C=O) groups excluding carboxylic acids is 1. The molecule has 10 heteroatoms. The number of hydrogen-bond acceptors (Lipinski definition) is 6. The minimum atomic E-state index is -2.77. The van der Waals surface area contributed by atoms with Gasteiger partial charge in [0.1, 0.15) is 0 Å². The SMILES string of the molecule is O=C(O)CC(O)(CC(=O)OO)C(=O)O.[AlH3].[NaH]. The molecule has 16 heavy (non-hydrogen) atoms. The van der Waals surface area contributed by atoms with Crippen molar-refractivity contribution in [2.45, 2.75) is 18.4 Å². The first kappa shape index (κ1) is 21.2. The molecule has 1 unspecified atom stereocenters. The summed E-state index contributed by atoms with van der Waals surface area (Å²) in [6.45, 7) is 0. The fraction of sp³-hybridized carbons (Fsp3) is 0.500. The molecule has 0 spiro atoms. The summed E-state index contributed by atoms with van der Waals surface area (Å²) < 4.78 is 0. The van der Waals surface area contributed by atoms with Gasteiger partial charge in [0.05, 0.1) is 12.8 Å². The average molecular weight is 262 g/mol. The van der Waals surface area contributed by atoms with Crippen molar-refractivity contribution >= 4 is 64.8 Å². The molecule has 0 bridgehead atoms. The molecule has 0 aromatic carbocycles. The molecule has 0 amide bonds. The van der Waals surface area contributed by atoms with Crippen LogP contribution in [0.2, 0.25) is 0 Å². The Morgan fingerprint density at radius 2 is 1.56 bits per heavy atom. The standard InChI is InChI=1S/C6H8O8.Al.Na.4H/c7-3(8)1-6(12,5(10)11)2-4(9)14-13;;;;;;/h12-13H,1-2H2,(H,7,8)(H,10,11);;;;;;. The summed E-state index contributed by atoms with van der Waals surface area (Å²) in [5.74, 6) is -4.91. The van der Waals surface area contributed by atoms with E-state index in [9.17, 15) is 14.4 Å². The molecular weight excluding hydrogens is 250 g/mol. The van der Waals surface area contributed by atoms with Gasteiger partial charge in [-0.1, -0.05) is 0 Å². The van der Waals surface area contributed by atoms with Crippen molar-refractivity contribution in [2.24, 2.45) is 0 Å². The van der Waals surface area contributed by atoms with Crippen LogP contribution in [0.25, 0.3) is 0 Å². The van der Waals surface area contributed by atoms with Crippen molar-refractivity contribution in [1.29, 1.82) is 0 Å². The molecule has 0 rings (SSSR count). The number of aliphatic hydroxyl groups is 1. The molecule has 0 heterocycles. The first-order chi connectivity index (χ1) is 6.31. The van der Waals surface area contributed by atoms with Crippen LogP contribution in [0.4, 0.5) is 0 Å². The van der Waals surface area contributed by atoms with E-state index in [0.717, 1.165) is 0 Å². The van der Waals surface area contributed by atoms with Crippen molar-refractivity contribution in [2.75, 3.05) is 0 Å². The van der Waals surface area contributed by atoms with Crippen molar-refractivity contribution < 1.29 is 39.8 Å². The van der Waals surface area contributed by atoms with E-state index < -0.39 is 36.4 Å². The fourth-order valence-electron chi connectivity index (χ4n) is 0.735. The van der Waals surface area contributed by atoms with Gasteiger partial charge in [0, 0.05) is 0 Å². The zero-order chi connectivity index (χ0) is 11.4. The third kappa shape index (κ3) is 7.19. The van der Waals surface area contributed by atoms with Gasteiger partial charge in [-0.05, 0) is 0 Å². The van der Waals surface area contributed by atoms with Gasteiger partial charge >= 0.3 is 47.5 Å². The average Bonchev–Trinajstić information content (AvgIpc) is 2.02. The maximum atomic E-state index is 10.4. The molecule has 8 nitrogen and oxygen atoms in total. The molecule has 0 aliphatic carbocycles. The van der Waals surface area contributed by atoms with Crippen molar-refractivity contribution in [3.8, 4) is 0 Å². The zero-order valence-electron chi connectivity index (χ0n) is 6.84. The van der Waals surface area contributed by atoms with Crippen molar-refractivity contribution in [1.82, 2.24) is 0 Å². The van der Waals surface area contributed by atoms with Crippen LogP contribution in [0.3, 0.4) is 0 Å². The van der Waals surface area contributed by atoms with Crippen LogP contribution in [0, 0.1) is 0 Å². The van der Waals surface area contributed by atoms with E-state index in [2.05, 4.69) is 4.89 Å². The second-order valence-electron chi connectivity index (χ2n) is 2.55. The van der Waals surface area contributed by atoms with E-state index in [0.29, 0.717) is 0 Å². The van der Waals surface area contributed by atoms with Crippen LogP contribution in [0.15, 0.2) is 0 Å². The normalized spacial score (nSPS) is 12.4. The molecule has 1 atom stereocenters. The predicted octanol–water partition coefficient (Wildman–Crippen LogP) is -3.15. The zero-order valence-corrected chi connectivity index (χ0v) is 6.84. The van der Waals surface area contributed by atoms with E-state index in [1.165, 1.54) is 0 Å². The van der Waals surface area contributed by atoms with Crippen molar-refractivity contribution in [3.05, 3.63) is 0 Å². The van der Waals surface area contributed by atoms with Gasteiger partial charge in [0.25, 0.3) is 0 Å². The van der Waals surface area contributed by atoms with Crippen molar-refractivity contribution in [3.63, 3.8) is 0 Å². The summed E-state index contributed by atoms with van der Waals surface area (Å²) >= 11 is 0. The van der Waals surface area contributed by atoms with Gasteiger partial charge < -0.3 is 20.2 Å². The van der Waals surface area contributed by atoms with Gasteiger partial charge in [-0.15, -0.1) is 0 Å². The van der Waals surface area contributed by atoms with Crippen LogP contribution in [0.5, 0.6) is 0 Å². The fourth-order valence-corrected chi connectivity index (χ4v) is 0.735. The second kappa shape index (κ2) is 8.95. The number of carbonyl (C=O) groups is 3. The van der Waals surface area contributed by atoms with Crippen LogP contribution in [-0.4, -0.2) is 91.0 Å². The topological polar surface area (TPSA) is 141 Å². The molecule has 0 radical (unpaired) electrons. The first-order valence-corrected chi connectivity index (χ1v) is 3.33. The molecule has 4 N–H and O–H groups in total.